The second-order valence-electron chi connectivity index (χ2n) is 4.50. The van der Waals surface area contributed by atoms with Crippen LogP contribution in [0.25, 0.3) is 0 Å². The zero-order chi connectivity index (χ0) is 10.4. The summed E-state index contributed by atoms with van der Waals surface area (Å²) in [6.45, 7) is 4.33. The number of rotatable bonds is 6. The number of hydrogen-bond donors (Lipinski definition) is 2. The van der Waals surface area contributed by atoms with Crippen molar-refractivity contribution in [3.05, 3.63) is 0 Å². The molecule has 3 heteroatoms. The molecule has 0 heterocycles. The Morgan fingerprint density at radius 2 is 2.29 bits per heavy atom. The Bertz CT molecular complexity index is 152. The van der Waals surface area contributed by atoms with Crippen LogP contribution in [0.2, 0.25) is 0 Å². The van der Waals surface area contributed by atoms with Crippen LogP contribution in [0.4, 0.5) is 0 Å². The third-order valence-electron chi connectivity index (χ3n) is 3.14. The van der Waals surface area contributed by atoms with Gasteiger partial charge in [0.15, 0.2) is 0 Å². The number of hydrogen-bond acceptors (Lipinski definition) is 3. The highest BCUT2D eigenvalue weighted by Gasteiger charge is 2.25. The fraction of sp³-hybridized carbons (Fsp3) is 1.00. The van der Waals surface area contributed by atoms with E-state index >= 15 is 0 Å². The molecule has 0 radical (unpaired) electrons. The molecule has 2 nitrogen and oxygen atoms in total. The Balaban J connectivity index is 2.16. The topological polar surface area (TPSA) is 38.0 Å². The summed E-state index contributed by atoms with van der Waals surface area (Å²) < 4.78 is 0. The lowest BCUT2D eigenvalue weighted by atomic mass is 10.0. The van der Waals surface area contributed by atoms with Crippen LogP contribution in [0.3, 0.4) is 0 Å². The van der Waals surface area contributed by atoms with Crippen LogP contribution < -0.4 is 11.1 Å². The van der Waals surface area contributed by atoms with Crippen molar-refractivity contribution in [1.82, 2.24) is 5.32 Å². The molecule has 3 unspecified atom stereocenters. The molecule has 1 fully saturated rings. The van der Waals surface area contributed by atoms with E-state index in [1.54, 1.807) is 0 Å². The molecule has 3 atom stereocenters. The summed E-state index contributed by atoms with van der Waals surface area (Å²) in [6, 6.07) is 0.698. The van der Waals surface area contributed by atoms with Crippen LogP contribution in [0.15, 0.2) is 0 Å². The Kier molecular flexibility index (Phi) is 5.90. The fourth-order valence-corrected chi connectivity index (χ4v) is 2.97. The van der Waals surface area contributed by atoms with Gasteiger partial charge in [0.05, 0.1) is 0 Å². The van der Waals surface area contributed by atoms with Crippen molar-refractivity contribution in [2.75, 3.05) is 25.1 Å². The predicted molar refractivity (Wildman–Crippen MR) is 65.7 cm³/mol. The van der Waals surface area contributed by atoms with E-state index in [1.807, 2.05) is 11.8 Å². The minimum absolute atomic E-state index is 0.698. The van der Waals surface area contributed by atoms with Crippen LogP contribution in [0.5, 0.6) is 0 Å². The molecule has 1 aliphatic carbocycles. The molecule has 1 aliphatic rings. The Labute approximate surface area is 92.4 Å². The highest BCUT2D eigenvalue weighted by Crippen LogP contribution is 2.24. The van der Waals surface area contributed by atoms with E-state index in [1.165, 1.54) is 25.0 Å². The van der Waals surface area contributed by atoms with Gasteiger partial charge in [0, 0.05) is 6.04 Å². The lowest BCUT2D eigenvalue weighted by molar-refractivity contribution is 0.387. The molecule has 0 aromatic carbocycles. The molecule has 0 aromatic heterocycles. The summed E-state index contributed by atoms with van der Waals surface area (Å²) >= 11 is 1.93. The SMILES string of the molecule is CSCC(C)CNC1CCCC1CN. The van der Waals surface area contributed by atoms with E-state index in [0.29, 0.717) is 6.04 Å². The van der Waals surface area contributed by atoms with Crippen LogP contribution in [0, 0.1) is 11.8 Å². The van der Waals surface area contributed by atoms with E-state index in [-0.39, 0.29) is 0 Å². The van der Waals surface area contributed by atoms with Gasteiger partial charge in [-0.2, -0.15) is 11.8 Å². The average molecular weight is 216 g/mol. The zero-order valence-electron chi connectivity index (χ0n) is 9.46. The summed E-state index contributed by atoms with van der Waals surface area (Å²) in [5, 5.41) is 3.67. The lowest BCUT2D eigenvalue weighted by Gasteiger charge is -2.21. The van der Waals surface area contributed by atoms with Gasteiger partial charge in [0.25, 0.3) is 0 Å². The average Bonchev–Trinajstić information content (AvgIpc) is 2.62. The van der Waals surface area contributed by atoms with Crippen LogP contribution >= 0.6 is 11.8 Å². The molecule has 0 amide bonds. The van der Waals surface area contributed by atoms with E-state index in [9.17, 15) is 0 Å². The fourth-order valence-electron chi connectivity index (χ4n) is 2.28. The first kappa shape index (κ1) is 12.3. The summed E-state index contributed by atoms with van der Waals surface area (Å²) in [6.07, 6.45) is 6.18. The Hall–Kier alpha value is 0.270. The highest BCUT2D eigenvalue weighted by molar-refractivity contribution is 7.98. The molecule has 0 bridgehead atoms. The van der Waals surface area contributed by atoms with Crippen molar-refractivity contribution in [1.29, 1.82) is 0 Å². The minimum Gasteiger partial charge on any atom is -0.330 e. The lowest BCUT2D eigenvalue weighted by Crippen LogP contribution is -2.38. The third-order valence-corrected chi connectivity index (χ3v) is 4.04. The third kappa shape index (κ3) is 3.79. The quantitative estimate of drug-likeness (QED) is 0.710. The van der Waals surface area contributed by atoms with Crippen molar-refractivity contribution in [3.8, 4) is 0 Å². The maximum absolute atomic E-state index is 5.75. The van der Waals surface area contributed by atoms with Crippen LogP contribution in [0.1, 0.15) is 26.2 Å². The van der Waals surface area contributed by atoms with Gasteiger partial charge in [0.1, 0.15) is 0 Å². The number of thioether (sulfide) groups is 1. The largest absolute Gasteiger partial charge is 0.330 e. The van der Waals surface area contributed by atoms with Crippen LogP contribution in [-0.4, -0.2) is 31.1 Å². The molecule has 14 heavy (non-hydrogen) atoms. The van der Waals surface area contributed by atoms with Gasteiger partial charge in [-0.15, -0.1) is 0 Å². The van der Waals surface area contributed by atoms with Gasteiger partial charge in [0.2, 0.25) is 0 Å². The molecule has 3 N–H and O–H groups in total. The maximum Gasteiger partial charge on any atom is 0.0107 e. The molecule has 0 aliphatic heterocycles. The van der Waals surface area contributed by atoms with Crippen molar-refractivity contribution < 1.29 is 0 Å². The summed E-state index contributed by atoms with van der Waals surface area (Å²) in [5.74, 6) is 2.77. The second kappa shape index (κ2) is 6.70. The van der Waals surface area contributed by atoms with E-state index in [2.05, 4.69) is 18.5 Å². The normalized spacial score (nSPS) is 29.4. The molecular formula is C11H24N2S. The van der Waals surface area contributed by atoms with Gasteiger partial charge >= 0.3 is 0 Å². The molecule has 1 rings (SSSR count). The number of nitrogens with one attached hydrogen (secondary N) is 1. The molecular weight excluding hydrogens is 192 g/mol. The molecule has 84 valence electrons. The first-order valence-corrected chi connectivity index (χ1v) is 7.09. The highest BCUT2D eigenvalue weighted by atomic mass is 32.2. The first-order valence-electron chi connectivity index (χ1n) is 5.70. The monoisotopic (exact) mass is 216 g/mol. The predicted octanol–water partition coefficient (Wildman–Crippen LogP) is 1.70. The molecule has 0 saturated heterocycles. The van der Waals surface area contributed by atoms with Gasteiger partial charge in [-0.3, -0.25) is 0 Å². The molecule has 0 spiro atoms. The number of nitrogens with two attached hydrogens (primary N) is 1. The van der Waals surface area contributed by atoms with Crippen LogP contribution in [-0.2, 0) is 0 Å². The van der Waals surface area contributed by atoms with Gasteiger partial charge in [-0.05, 0) is 49.8 Å². The first-order chi connectivity index (χ1) is 6.77. The van der Waals surface area contributed by atoms with Crippen molar-refractivity contribution >= 4 is 11.8 Å². The Morgan fingerprint density at radius 3 is 2.93 bits per heavy atom. The standard InChI is InChI=1S/C11H24N2S/c1-9(8-14-2)7-13-11-5-3-4-10(11)6-12/h9-11,13H,3-8,12H2,1-2H3. The van der Waals surface area contributed by atoms with Gasteiger partial charge in [-0.25, -0.2) is 0 Å². The molecule has 1 saturated carbocycles. The Morgan fingerprint density at radius 1 is 1.50 bits per heavy atom. The second-order valence-corrected chi connectivity index (χ2v) is 5.41. The summed E-state index contributed by atoms with van der Waals surface area (Å²) in [5.41, 5.74) is 5.75. The zero-order valence-corrected chi connectivity index (χ0v) is 10.3. The summed E-state index contributed by atoms with van der Waals surface area (Å²) in [7, 11) is 0. The van der Waals surface area contributed by atoms with E-state index < -0.39 is 0 Å². The maximum atomic E-state index is 5.75. The van der Waals surface area contributed by atoms with Gasteiger partial charge in [-0.1, -0.05) is 13.3 Å². The van der Waals surface area contributed by atoms with Gasteiger partial charge < -0.3 is 11.1 Å². The summed E-state index contributed by atoms with van der Waals surface area (Å²) in [4.78, 5) is 0. The van der Waals surface area contributed by atoms with Crippen molar-refractivity contribution in [2.45, 2.75) is 32.2 Å². The van der Waals surface area contributed by atoms with E-state index in [4.69, 9.17) is 5.73 Å². The van der Waals surface area contributed by atoms with Crippen molar-refractivity contribution in [2.24, 2.45) is 17.6 Å². The smallest absolute Gasteiger partial charge is 0.0107 e. The van der Waals surface area contributed by atoms with Crippen molar-refractivity contribution in [3.63, 3.8) is 0 Å². The van der Waals surface area contributed by atoms with E-state index in [0.717, 1.165) is 24.9 Å². The molecule has 0 aromatic rings. The minimum atomic E-state index is 0.698.